The highest BCUT2D eigenvalue weighted by Crippen LogP contribution is 2.49. The van der Waals surface area contributed by atoms with Gasteiger partial charge in [-0.1, -0.05) is 0 Å². The van der Waals surface area contributed by atoms with E-state index in [2.05, 4.69) is 10.6 Å². The van der Waals surface area contributed by atoms with Gasteiger partial charge >= 0.3 is 0 Å². The summed E-state index contributed by atoms with van der Waals surface area (Å²) in [6.07, 6.45) is 4.34. The number of nitrogens with zero attached hydrogens (tertiary/aromatic N) is 1. The molecule has 3 N–H and O–H groups in total. The minimum atomic E-state index is -1.04. The molecule has 4 fully saturated rings. The second-order valence-corrected chi connectivity index (χ2v) is 9.44. The fourth-order valence-corrected chi connectivity index (χ4v) is 5.72. The molecule has 1 amide bonds. The highest BCUT2D eigenvalue weighted by atomic mass is 16.5. The molecule has 4 aliphatic rings. The second kappa shape index (κ2) is 7.26. The molecule has 0 radical (unpaired) electrons. The van der Waals surface area contributed by atoms with Crippen molar-refractivity contribution in [3.05, 3.63) is 0 Å². The van der Waals surface area contributed by atoms with Crippen LogP contribution in [0.4, 0.5) is 0 Å². The fourth-order valence-electron chi connectivity index (χ4n) is 5.72. The SMILES string of the molecule is CO[C@@H]1COCC[C@@H]1N[C@@H]1CC[C@@](C(=O)N2C[C@H]3C[C@@H]2CN3)(C(C)(C)O)C1. The van der Waals surface area contributed by atoms with E-state index in [0.29, 0.717) is 25.1 Å². The van der Waals surface area contributed by atoms with Crippen LogP contribution in [0.3, 0.4) is 0 Å². The molecule has 1 aliphatic carbocycles. The molecule has 7 heteroatoms. The van der Waals surface area contributed by atoms with Gasteiger partial charge < -0.3 is 30.1 Å². The van der Waals surface area contributed by atoms with E-state index in [1.165, 1.54) is 0 Å². The minimum absolute atomic E-state index is 0.0481. The Kier molecular flexibility index (Phi) is 5.27. The zero-order valence-corrected chi connectivity index (χ0v) is 16.9. The molecule has 0 aromatic heterocycles. The van der Waals surface area contributed by atoms with E-state index in [1.807, 2.05) is 18.7 Å². The Bertz CT molecular complexity index is 566. The van der Waals surface area contributed by atoms with Crippen molar-refractivity contribution < 1.29 is 19.4 Å². The molecule has 2 bridgehead atoms. The van der Waals surface area contributed by atoms with E-state index in [4.69, 9.17) is 9.47 Å². The highest BCUT2D eigenvalue weighted by Gasteiger charge is 2.58. The van der Waals surface area contributed by atoms with Crippen LogP contribution in [0.2, 0.25) is 0 Å². The van der Waals surface area contributed by atoms with Crippen molar-refractivity contribution in [2.75, 3.05) is 33.4 Å². The Morgan fingerprint density at radius 3 is 2.85 bits per heavy atom. The van der Waals surface area contributed by atoms with Crippen LogP contribution in [0.1, 0.15) is 46.0 Å². The van der Waals surface area contributed by atoms with Crippen molar-refractivity contribution in [1.82, 2.24) is 15.5 Å². The van der Waals surface area contributed by atoms with E-state index < -0.39 is 11.0 Å². The van der Waals surface area contributed by atoms with Gasteiger partial charge in [-0.3, -0.25) is 4.79 Å². The Morgan fingerprint density at radius 1 is 1.41 bits per heavy atom. The van der Waals surface area contributed by atoms with Crippen molar-refractivity contribution in [3.8, 4) is 0 Å². The van der Waals surface area contributed by atoms with Crippen molar-refractivity contribution in [1.29, 1.82) is 0 Å². The van der Waals surface area contributed by atoms with Crippen LogP contribution < -0.4 is 10.6 Å². The Hall–Kier alpha value is -0.730. The van der Waals surface area contributed by atoms with Crippen LogP contribution >= 0.6 is 0 Å². The van der Waals surface area contributed by atoms with E-state index in [9.17, 15) is 9.90 Å². The third-order valence-electron chi connectivity index (χ3n) is 7.47. The van der Waals surface area contributed by atoms with Gasteiger partial charge in [0, 0.05) is 51.0 Å². The molecule has 0 spiro atoms. The lowest BCUT2D eigenvalue weighted by Gasteiger charge is -2.44. The predicted molar refractivity (Wildman–Crippen MR) is 101 cm³/mol. The molecule has 7 nitrogen and oxygen atoms in total. The van der Waals surface area contributed by atoms with Crippen LogP contribution in [0, 0.1) is 5.41 Å². The molecule has 6 atom stereocenters. The maximum absolute atomic E-state index is 13.6. The van der Waals surface area contributed by atoms with Crippen LogP contribution in [0.5, 0.6) is 0 Å². The summed E-state index contributed by atoms with van der Waals surface area (Å²) < 4.78 is 11.1. The molecule has 0 aromatic rings. The van der Waals surface area contributed by atoms with E-state index in [-0.39, 0.29) is 24.1 Å². The van der Waals surface area contributed by atoms with E-state index in [1.54, 1.807) is 7.11 Å². The lowest BCUT2D eigenvalue weighted by Crippen LogP contribution is -2.58. The third kappa shape index (κ3) is 3.42. The van der Waals surface area contributed by atoms with Gasteiger partial charge in [-0.15, -0.1) is 0 Å². The highest BCUT2D eigenvalue weighted by molar-refractivity contribution is 5.85. The summed E-state index contributed by atoms with van der Waals surface area (Å²) in [7, 11) is 1.73. The van der Waals surface area contributed by atoms with Gasteiger partial charge in [0.05, 0.1) is 23.7 Å². The molecule has 27 heavy (non-hydrogen) atoms. The second-order valence-electron chi connectivity index (χ2n) is 9.44. The number of amides is 1. The van der Waals surface area contributed by atoms with Gasteiger partial charge in [-0.25, -0.2) is 0 Å². The Balaban J connectivity index is 1.48. The molecule has 154 valence electrons. The van der Waals surface area contributed by atoms with Gasteiger partial charge in [0.1, 0.15) is 0 Å². The third-order valence-corrected chi connectivity index (χ3v) is 7.47. The molecular formula is C20H35N3O4. The summed E-state index contributed by atoms with van der Waals surface area (Å²) in [5.41, 5.74) is -1.74. The topological polar surface area (TPSA) is 83.1 Å². The van der Waals surface area contributed by atoms with Gasteiger partial charge in [0.2, 0.25) is 5.91 Å². The number of nitrogens with one attached hydrogen (secondary N) is 2. The molecule has 3 saturated heterocycles. The van der Waals surface area contributed by atoms with Gasteiger partial charge in [-0.05, 0) is 46.0 Å². The molecular weight excluding hydrogens is 346 g/mol. The number of carbonyl (C=O) groups is 1. The first-order chi connectivity index (χ1) is 12.8. The number of methoxy groups -OCH3 is 1. The number of hydrogen-bond donors (Lipinski definition) is 3. The number of fused-ring (bicyclic) bond motifs is 2. The average molecular weight is 382 g/mol. The zero-order chi connectivity index (χ0) is 19.2. The maximum atomic E-state index is 13.6. The van der Waals surface area contributed by atoms with Crippen LogP contribution in [0.25, 0.3) is 0 Å². The molecule has 3 aliphatic heterocycles. The Morgan fingerprint density at radius 2 is 2.22 bits per heavy atom. The standard InChI is InChI=1S/C20H35N3O4/c1-19(2,25)20(18(24)23-11-14-8-15(23)10-21-14)6-4-13(9-20)22-16-5-7-27-12-17(16)26-3/h13-17,21-22,25H,4-12H2,1-3H3/t13-,14-,15-,16+,17-,20-/m1/s1. The maximum Gasteiger partial charge on any atom is 0.232 e. The van der Waals surface area contributed by atoms with Gasteiger partial charge in [0.25, 0.3) is 0 Å². The van der Waals surface area contributed by atoms with E-state index in [0.717, 1.165) is 45.4 Å². The number of piperazine rings is 1. The lowest BCUT2D eigenvalue weighted by molar-refractivity contribution is -0.159. The van der Waals surface area contributed by atoms with Crippen molar-refractivity contribution in [2.45, 2.75) is 81.8 Å². The number of ether oxygens (including phenoxy) is 2. The van der Waals surface area contributed by atoms with Crippen LogP contribution in [-0.4, -0.2) is 85.2 Å². The summed E-state index contributed by atoms with van der Waals surface area (Å²) >= 11 is 0. The monoisotopic (exact) mass is 381 g/mol. The zero-order valence-electron chi connectivity index (χ0n) is 16.9. The quantitative estimate of drug-likeness (QED) is 0.634. The summed E-state index contributed by atoms with van der Waals surface area (Å²) in [5, 5.41) is 18.2. The first-order valence-electron chi connectivity index (χ1n) is 10.5. The molecule has 1 saturated carbocycles. The van der Waals surface area contributed by atoms with Crippen LogP contribution in [0.15, 0.2) is 0 Å². The molecule has 0 aromatic carbocycles. The average Bonchev–Trinajstić information content (AvgIpc) is 3.36. The minimum Gasteiger partial charge on any atom is -0.389 e. The summed E-state index contributed by atoms with van der Waals surface area (Å²) in [6, 6.07) is 1.19. The van der Waals surface area contributed by atoms with Crippen molar-refractivity contribution in [2.24, 2.45) is 5.41 Å². The van der Waals surface area contributed by atoms with Crippen LogP contribution in [-0.2, 0) is 14.3 Å². The number of carbonyl (C=O) groups excluding carboxylic acids is 1. The van der Waals surface area contributed by atoms with Gasteiger partial charge in [-0.2, -0.15) is 0 Å². The van der Waals surface area contributed by atoms with Gasteiger partial charge in [0.15, 0.2) is 0 Å². The number of rotatable bonds is 5. The lowest BCUT2D eigenvalue weighted by atomic mass is 9.70. The smallest absolute Gasteiger partial charge is 0.232 e. The number of likely N-dealkylation sites (tertiary alicyclic amines) is 1. The first kappa shape index (κ1) is 19.6. The fraction of sp³-hybridized carbons (Fsp3) is 0.950. The molecule has 3 heterocycles. The van der Waals surface area contributed by atoms with Crippen molar-refractivity contribution >= 4 is 5.91 Å². The molecule has 0 unspecified atom stereocenters. The van der Waals surface area contributed by atoms with Crippen molar-refractivity contribution in [3.63, 3.8) is 0 Å². The largest absolute Gasteiger partial charge is 0.389 e. The van der Waals surface area contributed by atoms with E-state index >= 15 is 0 Å². The predicted octanol–water partition coefficient (Wildman–Crippen LogP) is 0.262. The first-order valence-corrected chi connectivity index (χ1v) is 10.5. The normalized spacial score (nSPS) is 42.1. The molecule has 4 rings (SSSR count). The summed E-state index contributed by atoms with van der Waals surface area (Å²) in [5.74, 6) is 0.156. The summed E-state index contributed by atoms with van der Waals surface area (Å²) in [6.45, 7) is 6.64. The summed E-state index contributed by atoms with van der Waals surface area (Å²) in [4.78, 5) is 15.7. The number of hydrogen-bond acceptors (Lipinski definition) is 6. The Labute approximate surface area is 162 Å². The number of aliphatic hydroxyl groups is 1.